The molecular weight excluding hydrogens is 455 g/mol. The zero-order valence-corrected chi connectivity index (χ0v) is 22.4. The fourth-order valence-electron chi connectivity index (χ4n) is 3.64. The zero-order chi connectivity index (χ0) is 25.6. The number of aliphatic hydroxyl groups is 1. The average Bonchev–Trinajstić information content (AvgIpc) is 3.56. The van der Waals surface area contributed by atoms with E-state index in [2.05, 4.69) is 4.99 Å². The molecule has 1 atom stereocenters. The summed E-state index contributed by atoms with van der Waals surface area (Å²) in [5.74, 6) is 0.374. The molecule has 0 bridgehead atoms. The minimum Gasteiger partial charge on any atom is -0.496 e. The number of ether oxygens (including phenoxy) is 2. The summed E-state index contributed by atoms with van der Waals surface area (Å²) >= 11 is 6.04. The van der Waals surface area contributed by atoms with E-state index in [1.54, 1.807) is 18.5 Å². The minimum absolute atomic E-state index is 0.0205. The van der Waals surface area contributed by atoms with Crippen LogP contribution in [0.2, 0.25) is 0 Å². The fourth-order valence-corrected chi connectivity index (χ4v) is 3.73. The van der Waals surface area contributed by atoms with Crippen LogP contribution in [0.1, 0.15) is 58.1 Å². The summed E-state index contributed by atoms with van der Waals surface area (Å²) in [6, 6.07) is 3.48. The van der Waals surface area contributed by atoms with E-state index in [4.69, 9.17) is 21.1 Å². The van der Waals surface area contributed by atoms with Crippen molar-refractivity contribution in [2.75, 3.05) is 33.9 Å². The van der Waals surface area contributed by atoms with Crippen molar-refractivity contribution >= 4 is 23.6 Å². The van der Waals surface area contributed by atoms with E-state index in [1.165, 1.54) is 21.0 Å². The van der Waals surface area contributed by atoms with E-state index >= 15 is 4.39 Å². The fraction of sp³-hybridized carbons (Fsp3) is 0.593. The topological polar surface area (TPSA) is 54.3 Å². The largest absolute Gasteiger partial charge is 0.496 e. The predicted molar refractivity (Wildman–Crippen MR) is 139 cm³/mol. The number of nitrogens with zero attached hydrogens (tertiary/aromatic N) is 2. The Morgan fingerprint density at radius 3 is 2.56 bits per heavy atom. The molecule has 2 rings (SSSR count). The molecule has 0 amide bonds. The number of aliphatic imine (C=N–C) groups is 1. The van der Waals surface area contributed by atoms with Crippen LogP contribution in [-0.4, -0.2) is 55.9 Å². The molecule has 7 heteroatoms. The van der Waals surface area contributed by atoms with Gasteiger partial charge in [-0.1, -0.05) is 23.8 Å². The Hall–Kier alpha value is -1.89. The number of hydrogen-bond donors (Lipinski definition) is 1. The maximum atomic E-state index is 15.5. The van der Waals surface area contributed by atoms with Gasteiger partial charge < -0.3 is 19.5 Å². The molecule has 1 aliphatic rings. The Balaban J connectivity index is 2.25. The van der Waals surface area contributed by atoms with Crippen LogP contribution in [0.4, 0.5) is 10.1 Å². The quantitative estimate of drug-likeness (QED) is 0.195. The lowest BCUT2D eigenvalue weighted by Gasteiger charge is -2.38. The van der Waals surface area contributed by atoms with Crippen molar-refractivity contribution in [1.82, 2.24) is 4.90 Å². The molecule has 0 heterocycles. The molecule has 34 heavy (non-hydrogen) atoms. The predicted octanol–water partition coefficient (Wildman–Crippen LogP) is 6.44. The highest BCUT2D eigenvalue weighted by atomic mass is 35.5. The van der Waals surface area contributed by atoms with Crippen LogP contribution < -0.4 is 4.74 Å². The number of benzene rings is 1. The number of halogens is 2. The molecule has 1 aromatic rings. The molecule has 5 nitrogen and oxygen atoms in total. The molecular formula is C27H40ClFN2O3. The van der Waals surface area contributed by atoms with Crippen molar-refractivity contribution < 1.29 is 19.0 Å². The SMILES string of the molecule is C/C=C(Cl)\C=C/CC1(COCC(O)(c2cc(C)c(N=CN(C)CC)cc2OC)C(C)(C)F)CC1. The first-order valence-corrected chi connectivity index (χ1v) is 12.2. The highest BCUT2D eigenvalue weighted by Crippen LogP contribution is 2.50. The lowest BCUT2D eigenvalue weighted by Crippen LogP contribution is -2.48. The van der Waals surface area contributed by atoms with Crippen LogP contribution in [-0.2, 0) is 10.3 Å². The summed E-state index contributed by atoms with van der Waals surface area (Å²) in [6.45, 7) is 9.61. The smallest absolute Gasteiger partial charge is 0.150 e. The molecule has 1 N–H and O–H groups in total. The summed E-state index contributed by atoms with van der Waals surface area (Å²) in [5.41, 5.74) is -1.99. The molecule has 0 aromatic heterocycles. The van der Waals surface area contributed by atoms with E-state index in [0.29, 0.717) is 28.6 Å². The van der Waals surface area contributed by atoms with Crippen LogP contribution in [0.25, 0.3) is 0 Å². The maximum absolute atomic E-state index is 15.5. The van der Waals surface area contributed by atoms with E-state index in [1.807, 2.05) is 50.9 Å². The van der Waals surface area contributed by atoms with Crippen molar-refractivity contribution in [3.8, 4) is 5.75 Å². The average molecular weight is 495 g/mol. The third-order valence-electron chi connectivity index (χ3n) is 6.62. The Morgan fingerprint density at radius 2 is 2.03 bits per heavy atom. The molecule has 0 spiro atoms. The second-order valence-electron chi connectivity index (χ2n) is 9.76. The number of hydrogen-bond acceptors (Lipinski definition) is 4. The van der Waals surface area contributed by atoms with Crippen molar-refractivity contribution in [3.05, 3.63) is 46.5 Å². The van der Waals surface area contributed by atoms with Crippen molar-refractivity contribution in [2.24, 2.45) is 10.4 Å². The van der Waals surface area contributed by atoms with Gasteiger partial charge in [0.1, 0.15) is 17.0 Å². The van der Waals surface area contributed by atoms with Gasteiger partial charge >= 0.3 is 0 Å². The first-order valence-electron chi connectivity index (χ1n) is 11.8. The molecule has 0 aliphatic heterocycles. The normalized spacial score (nSPS) is 17.9. The molecule has 1 aromatic carbocycles. The van der Waals surface area contributed by atoms with Crippen LogP contribution in [0.3, 0.4) is 0 Å². The van der Waals surface area contributed by atoms with Crippen LogP contribution in [0, 0.1) is 12.3 Å². The van der Waals surface area contributed by atoms with Gasteiger partial charge in [0.15, 0.2) is 0 Å². The van der Waals surface area contributed by atoms with E-state index in [9.17, 15) is 5.11 Å². The van der Waals surface area contributed by atoms with E-state index in [-0.39, 0.29) is 12.0 Å². The Bertz CT molecular complexity index is 919. The number of allylic oxidation sites excluding steroid dienone is 4. The van der Waals surface area contributed by atoms with Crippen LogP contribution in [0.15, 0.2) is 40.4 Å². The van der Waals surface area contributed by atoms with Gasteiger partial charge in [0.25, 0.3) is 0 Å². The molecule has 1 aliphatic carbocycles. The second-order valence-corrected chi connectivity index (χ2v) is 10.2. The van der Waals surface area contributed by atoms with E-state index < -0.39 is 11.3 Å². The maximum Gasteiger partial charge on any atom is 0.150 e. The van der Waals surface area contributed by atoms with Crippen molar-refractivity contribution in [2.45, 2.75) is 65.2 Å². The summed E-state index contributed by atoms with van der Waals surface area (Å²) in [4.78, 5) is 6.46. The van der Waals surface area contributed by atoms with Crippen LogP contribution in [0.5, 0.6) is 5.75 Å². The van der Waals surface area contributed by atoms with Gasteiger partial charge in [-0.2, -0.15) is 0 Å². The molecule has 1 unspecified atom stereocenters. The first-order chi connectivity index (χ1) is 15.9. The Kier molecular flexibility index (Phi) is 9.75. The Labute approximate surface area is 209 Å². The van der Waals surface area contributed by atoms with Gasteiger partial charge in [0, 0.05) is 30.3 Å². The van der Waals surface area contributed by atoms with Gasteiger partial charge in [-0.25, -0.2) is 9.38 Å². The van der Waals surface area contributed by atoms with Gasteiger partial charge in [0.2, 0.25) is 0 Å². The molecule has 1 fully saturated rings. The summed E-state index contributed by atoms with van der Waals surface area (Å²) in [7, 11) is 3.44. The van der Waals surface area contributed by atoms with Gasteiger partial charge in [0.05, 0.1) is 32.3 Å². The summed E-state index contributed by atoms with van der Waals surface area (Å²) in [6.07, 6.45) is 10.4. The van der Waals surface area contributed by atoms with Gasteiger partial charge in [-0.15, -0.1) is 0 Å². The monoisotopic (exact) mass is 494 g/mol. The highest BCUT2D eigenvalue weighted by molar-refractivity contribution is 6.31. The van der Waals surface area contributed by atoms with Crippen molar-refractivity contribution in [1.29, 1.82) is 0 Å². The third-order valence-corrected chi connectivity index (χ3v) is 6.96. The third kappa shape index (κ3) is 7.06. The second kappa shape index (κ2) is 11.7. The first kappa shape index (κ1) is 28.3. The van der Waals surface area contributed by atoms with Gasteiger partial charge in [-0.05, 0) is 77.0 Å². The summed E-state index contributed by atoms with van der Waals surface area (Å²) < 4.78 is 27.0. The van der Waals surface area contributed by atoms with E-state index in [0.717, 1.165) is 31.4 Å². The standard InChI is InChI=1S/C27H40ClFN2O3/c1-8-21(28)11-10-12-26(13-14-26)17-34-18-27(32,25(4,5)29)22-15-20(3)23(16-24(22)33-7)30-19-31(6)9-2/h8,10-11,15-16,19,32H,9,12-14,17-18H2,1-7H3/b11-10-,21-8+,30-19?. The molecule has 1 saturated carbocycles. The molecule has 0 saturated heterocycles. The lowest BCUT2D eigenvalue weighted by atomic mass is 9.80. The minimum atomic E-state index is -1.98. The lowest BCUT2D eigenvalue weighted by molar-refractivity contribution is -0.142. The highest BCUT2D eigenvalue weighted by Gasteiger charge is 2.49. The van der Waals surface area contributed by atoms with Crippen LogP contribution >= 0.6 is 11.6 Å². The number of rotatable bonds is 13. The molecule has 0 radical (unpaired) electrons. The molecule has 190 valence electrons. The zero-order valence-electron chi connectivity index (χ0n) is 21.6. The van der Waals surface area contributed by atoms with Gasteiger partial charge in [-0.3, -0.25) is 0 Å². The number of aryl methyl sites for hydroxylation is 1. The number of methoxy groups -OCH3 is 1. The number of alkyl halides is 1. The summed E-state index contributed by atoms with van der Waals surface area (Å²) in [5, 5.41) is 12.3. The van der Waals surface area contributed by atoms with Crippen molar-refractivity contribution in [3.63, 3.8) is 0 Å². The Morgan fingerprint density at radius 1 is 1.35 bits per heavy atom.